The molecule has 1 aliphatic heterocycles. The van der Waals surface area contributed by atoms with E-state index in [0.717, 1.165) is 4.90 Å². The summed E-state index contributed by atoms with van der Waals surface area (Å²) in [6, 6.07) is -0.322. The zero-order valence-electron chi connectivity index (χ0n) is 9.17. The Morgan fingerprint density at radius 1 is 1.50 bits per heavy atom. The Labute approximate surface area is 91.5 Å². The van der Waals surface area contributed by atoms with E-state index in [1.54, 1.807) is 0 Å². The van der Waals surface area contributed by atoms with Crippen molar-refractivity contribution in [3.05, 3.63) is 0 Å². The van der Waals surface area contributed by atoms with Gasteiger partial charge in [0.15, 0.2) is 5.54 Å². The molecule has 94 valence electrons. The summed E-state index contributed by atoms with van der Waals surface area (Å²) in [4.78, 5) is 12.7. The fourth-order valence-electron chi connectivity index (χ4n) is 1.48. The zero-order chi connectivity index (χ0) is 12.6. The van der Waals surface area contributed by atoms with Crippen molar-refractivity contribution in [1.82, 2.24) is 4.90 Å². The standard InChI is InChI=1S/C9H15F3N2O2/c1-8(13,9(10,11)12)7(15)14(2)6-3-4-16-5-6/h6H,3-5,13H2,1-2H3. The summed E-state index contributed by atoms with van der Waals surface area (Å²) >= 11 is 0. The number of nitrogens with zero attached hydrogens (tertiary/aromatic N) is 1. The molecule has 4 nitrogen and oxygen atoms in total. The number of hydrogen-bond acceptors (Lipinski definition) is 3. The number of carbonyl (C=O) groups excluding carboxylic acids is 1. The molecule has 1 heterocycles. The van der Waals surface area contributed by atoms with Crippen LogP contribution in [-0.4, -0.2) is 48.8 Å². The molecule has 2 N–H and O–H groups in total. The molecule has 16 heavy (non-hydrogen) atoms. The van der Waals surface area contributed by atoms with Crippen molar-refractivity contribution in [2.45, 2.75) is 31.1 Å². The lowest BCUT2D eigenvalue weighted by Gasteiger charge is -2.33. The van der Waals surface area contributed by atoms with Crippen molar-refractivity contribution in [1.29, 1.82) is 0 Å². The minimum Gasteiger partial charge on any atom is -0.379 e. The third-order valence-electron chi connectivity index (χ3n) is 2.81. The van der Waals surface area contributed by atoms with Gasteiger partial charge in [0, 0.05) is 13.7 Å². The monoisotopic (exact) mass is 240 g/mol. The van der Waals surface area contributed by atoms with E-state index in [1.807, 2.05) is 0 Å². The molecule has 1 saturated heterocycles. The highest BCUT2D eigenvalue weighted by atomic mass is 19.4. The summed E-state index contributed by atoms with van der Waals surface area (Å²) < 4.78 is 42.6. The van der Waals surface area contributed by atoms with Crippen LogP contribution in [0.25, 0.3) is 0 Å². The topological polar surface area (TPSA) is 55.6 Å². The average Bonchev–Trinajstić information content (AvgIpc) is 2.66. The normalized spacial score (nSPS) is 25.2. The van der Waals surface area contributed by atoms with Crippen molar-refractivity contribution >= 4 is 5.91 Å². The Kier molecular flexibility index (Phi) is 3.49. The van der Waals surface area contributed by atoms with Crippen LogP contribution in [0.4, 0.5) is 13.2 Å². The van der Waals surface area contributed by atoms with Gasteiger partial charge in [-0.3, -0.25) is 4.79 Å². The molecule has 1 amide bonds. The van der Waals surface area contributed by atoms with Crippen molar-refractivity contribution in [2.24, 2.45) is 5.73 Å². The van der Waals surface area contributed by atoms with Crippen LogP contribution in [-0.2, 0) is 9.53 Å². The van der Waals surface area contributed by atoms with Crippen LogP contribution in [0.2, 0.25) is 0 Å². The lowest BCUT2D eigenvalue weighted by Crippen LogP contribution is -2.63. The summed E-state index contributed by atoms with van der Waals surface area (Å²) in [5.74, 6) is -1.13. The predicted octanol–water partition coefficient (Wildman–Crippen LogP) is 0.513. The molecular weight excluding hydrogens is 225 g/mol. The molecule has 0 spiro atoms. The average molecular weight is 240 g/mol. The number of carbonyl (C=O) groups is 1. The highest BCUT2D eigenvalue weighted by molar-refractivity contribution is 5.86. The van der Waals surface area contributed by atoms with E-state index in [4.69, 9.17) is 10.5 Å². The lowest BCUT2D eigenvalue weighted by atomic mass is 10.0. The molecule has 0 aliphatic carbocycles. The maximum Gasteiger partial charge on any atom is 0.415 e. The van der Waals surface area contributed by atoms with Gasteiger partial charge in [0.1, 0.15) is 0 Å². The Hall–Kier alpha value is -0.820. The number of amides is 1. The molecule has 2 atom stereocenters. The summed E-state index contributed by atoms with van der Waals surface area (Å²) in [6.07, 6.45) is -4.21. The van der Waals surface area contributed by atoms with E-state index < -0.39 is 17.6 Å². The number of hydrogen-bond donors (Lipinski definition) is 1. The first-order valence-corrected chi connectivity index (χ1v) is 4.88. The van der Waals surface area contributed by atoms with Crippen LogP contribution in [0, 0.1) is 0 Å². The predicted molar refractivity (Wildman–Crippen MR) is 50.6 cm³/mol. The summed E-state index contributed by atoms with van der Waals surface area (Å²) in [6.45, 7) is 1.40. The van der Waals surface area contributed by atoms with Gasteiger partial charge in [-0.2, -0.15) is 13.2 Å². The number of nitrogens with two attached hydrogens (primary N) is 1. The van der Waals surface area contributed by atoms with Gasteiger partial charge in [-0.25, -0.2) is 0 Å². The summed E-state index contributed by atoms with van der Waals surface area (Å²) in [5, 5.41) is 0. The highest BCUT2D eigenvalue weighted by Crippen LogP contribution is 2.30. The van der Waals surface area contributed by atoms with E-state index in [0.29, 0.717) is 20.0 Å². The fraction of sp³-hybridized carbons (Fsp3) is 0.889. The van der Waals surface area contributed by atoms with Crippen LogP contribution in [0.5, 0.6) is 0 Å². The smallest absolute Gasteiger partial charge is 0.379 e. The third-order valence-corrected chi connectivity index (χ3v) is 2.81. The molecule has 1 rings (SSSR count). The second-order valence-electron chi connectivity index (χ2n) is 4.13. The molecule has 1 fully saturated rings. The molecule has 0 saturated carbocycles. The Morgan fingerprint density at radius 2 is 2.06 bits per heavy atom. The Bertz CT molecular complexity index is 272. The van der Waals surface area contributed by atoms with Crippen LogP contribution in [0.1, 0.15) is 13.3 Å². The van der Waals surface area contributed by atoms with Crippen LogP contribution in [0.15, 0.2) is 0 Å². The van der Waals surface area contributed by atoms with Gasteiger partial charge in [0.2, 0.25) is 0 Å². The highest BCUT2D eigenvalue weighted by Gasteiger charge is 2.55. The first-order chi connectivity index (χ1) is 7.18. The first-order valence-electron chi connectivity index (χ1n) is 4.88. The molecule has 0 bridgehead atoms. The molecule has 0 radical (unpaired) electrons. The van der Waals surface area contributed by atoms with Crippen LogP contribution >= 0.6 is 0 Å². The minimum absolute atomic E-state index is 0.260. The van der Waals surface area contributed by atoms with Crippen LogP contribution < -0.4 is 5.73 Å². The van der Waals surface area contributed by atoms with E-state index in [1.165, 1.54) is 7.05 Å². The second kappa shape index (κ2) is 4.21. The summed E-state index contributed by atoms with van der Waals surface area (Å²) in [5.41, 5.74) is 2.21. The largest absolute Gasteiger partial charge is 0.415 e. The molecule has 0 aromatic heterocycles. The SMILES string of the molecule is CN(C(=O)C(C)(N)C(F)(F)F)C1CCOC1. The Balaban J connectivity index is 2.76. The quantitative estimate of drug-likeness (QED) is 0.765. The molecule has 0 aromatic carbocycles. The number of rotatable bonds is 2. The number of halogens is 3. The Morgan fingerprint density at radius 3 is 2.44 bits per heavy atom. The van der Waals surface area contributed by atoms with Gasteiger partial charge in [-0.05, 0) is 13.3 Å². The molecule has 7 heteroatoms. The molecule has 1 aliphatic rings. The van der Waals surface area contributed by atoms with Crippen molar-refractivity contribution in [3.8, 4) is 0 Å². The number of alkyl halides is 3. The van der Waals surface area contributed by atoms with Crippen molar-refractivity contribution < 1.29 is 22.7 Å². The molecular formula is C9H15F3N2O2. The second-order valence-corrected chi connectivity index (χ2v) is 4.13. The van der Waals surface area contributed by atoms with Gasteiger partial charge < -0.3 is 15.4 Å². The van der Waals surface area contributed by atoms with E-state index in [9.17, 15) is 18.0 Å². The first kappa shape index (κ1) is 13.2. The number of ether oxygens (including phenoxy) is 1. The maximum atomic E-state index is 12.5. The van der Waals surface area contributed by atoms with Gasteiger partial charge in [-0.1, -0.05) is 0 Å². The molecule has 2 unspecified atom stereocenters. The van der Waals surface area contributed by atoms with E-state index >= 15 is 0 Å². The van der Waals surface area contributed by atoms with E-state index in [-0.39, 0.29) is 12.6 Å². The summed E-state index contributed by atoms with van der Waals surface area (Å²) in [7, 11) is 1.32. The van der Waals surface area contributed by atoms with Gasteiger partial charge in [0.05, 0.1) is 12.6 Å². The third kappa shape index (κ3) is 2.30. The van der Waals surface area contributed by atoms with Crippen molar-refractivity contribution in [3.63, 3.8) is 0 Å². The van der Waals surface area contributed by atoms with E-state index in [2.05, 4.69) is 0 Å². The van der Waals surface area contributed by atoms with Gasteiger partial charge in [-0.15, -0.1) is 0 Å². The molecule has 0 aromatic rings. The fourth-order valence-corrected chi connectivity index (χ4v) is 1.48. The number of likely N-dealkylation sites (N-methyl/N-ethyl adjacent to an activating group) is 1. The maximum absolute atomic E-state index is 12.5. The minimum atomic E-state index is -4.75. The zero-order valence-corrected chi connectivity index (χ0v) is 9.17. The van der Waals surface area contributed by atoms with Gasteiger partial charge >= 0.3 is 6.18 Å². The van der Waals surface area contributed by atoms with Crippen molar-refractivity contribution in [2.75, 3.05) is 20.3 Å². The van der Waals surface area contributed by atoms with Gasteiger partial charge in [0.25, 0.3) is 5.91 Å². The van der Waals surface area contributed by atoms with Crippen LogP contribution in [0.3, 0.4) is 0 Å². The lowest BCUT2D eigenvalue weighted by molar-refractivity contribution is -0.194.